The first kappa shape index (κ1) is 16.2. The van der Waals surface area contributed by atoms with Crippen molar-refractivity contribution in [2.75, 3.05) is 11.6 Å². The number of para-hydroxylation sites is 1. The number of thiazole rings is 1. The van der Waals surface area contributed by atoms with Crippen LogP contribution in [0.5, 0.6) is 5.75 Å². The van der Waals surface area contributed by atoms with E-state index in [2.05, 4.69) is 10.3 Å². The summed E-state index contributed by atoms with van der Waals surface area (Å²) in [6, 6.07) is 15.9. The van der Waals surface area contributed by atoms with Crippen molar-refractivity contribution in [3.05, 3.63) is 59.0 Å². The largest absolute Gasteiger partial charge is 0.487 e. The number of ether oxygens (including phenoxy) is 1. The lowest BCUT2D eigenvalue weighted by Crippen LogP contribution is -2.14. The summed E-state index contributed by atoms with van der Waals surface area (Å²) in [5.74, 6) is 0.782. The summed E-state index contributed by atoms with van der Waals surface area (Å²) in [5.41, 5.74) is 2.88. The normalized spacial score (nSPS) is 12.0. The van der Waals surface area contributed by atoms with Gasteiger partial charge in [-0.15, -0.1) is 11.8 Å². The molecule has 1 aromatic heterocycles. The summed E-state index contributed by atoms with van der Waals surface area (Å²) in [7, 11) is 0. The number of hydrogen-bond acceptors (Lipinski definition) is 5. The number of thioether (sulfide) groups is 1. The highest BCUT2D eigenvalue weighted by atomic mass is 32.2. The van der Waals surface area contributed by atoms with Crippen LogP contribution < -0.4 is 10.1 Å². The molecule has 4 rings (SSSR count). The summed E-state index contributed by atoms with van der Waals surface area (Å²) in [5, 5.41) is 3.54. The zero-order valence-corrected chi connectivity index (χ0v) is 15.2. The molecule has 6 heteroatoms. The van der Waals surface area contributed by atoms with Gasteiger partial charge in [-0.05, 0) is 36.1 Å². The monoisotopic (exact) mass is 368 g/mol. The molecule has 25 heavy (non-hydrogen) atoms. The second kappa shape index (κ2) is 6.90. The van der Waals surface area contributed by atoms with E-state index in [1.807, 2.05) is 54.8 Å². The van der Waals surface area contributed by atoms with Gasteiger partial charge in [-0.25, -0.2) is 4.98 Å². The molecule has 0 atom stereocenters. The number of carbonyl (C=O) groups excluding carboxylic acids is 1. The molecule has 0 spiro atoms. The number of nitrogens with one attached hydrogen (secondary N) is 1. The molecule has 3 aromatic rings. The molecule has 4 nitrogen and oxygen atoms in total. The molecule has 126 valence electrons. The zero-order chi connectivity index (χ0) is 17.2. The number of hydrogen-bond donors (Lipinski definition) is 1. The van der Waals surface area contributed by atoms with Gasteiger partial charge in [0.25, 0.3) is 0 Å². The van der Waals surface area contributed by atoms with E-state index < -0.39 is 0 Å². The third kappa shape index (κ3) is 3.41. The van der Waals surface area contributed by atoms with E-state index in [1.165, 1.54) is 16.2 Å². The third-order valence-corrected chi connectivity index (χ3v) is 5.66. The minimum atomic E-state index is -0.0581. The second-order valence-corrected chi connectivity index (χ2v) is 7.61. The minimum Gasteiger partial charge on any atom is -0.487 e. The Morgan fingerprint density at radius 3 is 2.84 bits per heavy atom. The zero-order valence-electron chi connectivity index (χ0n) is 13.6. The molecular formula is C19H16N2O2S2. The first-order valence-electron chi connectivity index (χ1n) is 7.87. The van der Waals surface area contributed by atoms with Gasteiger partial charge in [0.05, 0.1) is 17.0 Å². The minimum absolute atomic E-state index is 0.0581. The van der Waals surface area contributed by atoms with Crippen molar-refractivity contribution in [2.45, 2.75) is 17.9 Å². The van der Waals surface area contributed by atoms with Gasteiger partial charge in [-0.2, -0.15) is 0 Å². The highest BCUT2D eigenvalue weighted by Gasteiger charge is 2.22. The van der Waals surface area contributed by atoms with Crippen LogP contribution >= 0.6 is 23.1 Å². The quantitative estimate of drug-likeness (QED) is 0.684. The van der Waals surface area contributed by atoms with Gasteiger partial charge in [0.15, 0.2) is 5.13 Å². The van der Waals surface area contributed by atoms with Crippen LogP contribution in [0, 0.1) is 0 Å². The van der Waals surface area contributed by atoms with Gasteiger partial charge >= 0.3 is 0 Å². The van der Waals surface area contributed by atoms with Crippen molar-refractivity contribution in [1.29, 1.82) is 0 Å². The van der Waals surface area contributed by atoms with Crippen molar-refractivity contribution in [1.82, 2.24) is 4.98 Å². The fourth-order valence-electron chi connectivity index (χ4n) is 2.74. The maximum atomic E-state index is 12.3. The lowest BCUT2D eigenvalue weighted by molar-refractivity contribution is -0.115. The number of benzene rings is 2. The molecule has 2 heterocycles. The van der Waals surface area contributed by atoms with Crippen LogP contribution in [0.1, 0.15) is 10.4 Å². The molecule has 0 unspecified atom stereocenters. The Morgan fingerprint density at radius 2 is 2.04 bits per heavy atom. The molecule has 1 N–H and O–H groups in total. The Labute approximate surface area is 154 Å². The van der Waals surface area contributed by atoms with Crippen molar-refractivity contribution < 1.29 is 9.53 Å². The van der Waals surface area contributed by atoms with Crippen LogP contribution in [-0.2, 0) is 17.8 Å². The third-order valence-electron chi connectivity index (χ3n) is 3.97. The van der Waals surface area contributed by atoms with Gasteiger partial charge in [-0.3, -0.25) is 4.79 Å². The van der Waals surface area contributed by atoms with Gasteiger partial charge in [0, 0.05) is 10.5 Å². The molecule has 1 amide bonds. The van der Waals surface area contributed by atoms with E-state index in [4.69, 9.17) is 4.74 Å². The molecule has 0 fully saturated rings. The van der Waals surface area contributed by atoms with Crippen molar-refractivity contribution >= 4 is 34.1 Å². The molecule has 0 saturated carbocycles. The fraction of sp³-hybridized carbons (Fsp3) is 0.158. The Morgan fingerprint density at radius 1 is 1.24 bits per heavy atom. The molecule has 0 aliphatic carbocycles. The van der Waals surface area contributed by atoms with Gasteiger partial charge < -0.3 is 10.1 Å². The summed E-state index contributed by atoms with van der Waals surface area (Å²) < 4.78 is 5.74. The molecule has 1 aliphatic rings. The maximum absolute atomic E-state index is 12.3. The van der Waals surface area contributed by atoms with Crippen LogP contribution in [0.4, 0.5) is 5.13 Å². The number of carbonyl (C=O) groups is 1. The van der Waals surface area contributed by atoms with Crippen LogP contribution in [0.25, 0.3) is 11.3 Å². The number of amides is 1. The first-order valence-corrected chi connectivity index (χ1v) is 9.92. The van der Waals surface area contributed by atoms with E-state index in [-0.39, 0.29) is 5.91 Å². The second-order valence-electron chi connectivity index (χ2n) is 5.65. The summed E-state index contributed by atoms with van der Waals surface area (Å²) in [6.07, 6.45) is 2.37. The van der Waals surface area contributed by atoms with E-state index in [0.717, 1.165) is 27.4 Å². The number of rotatable bonds is 4. The van der Waals surface area contributed by atoms with E-state index >= 15 is 0 Å². The van der Waals surface area contributed by atoms with Crippen LogP contribution in [0.3, 0.4) is 0 Å². The predicted octanol–water partition coefficient (Wildman–Crippen LogP) is 4.61. The van der Waals surface area contributed by atoms with Crippen LogP contribution in [-0.4, -0.2) is 17.1 Å². The summed E-state index contributed by atoms with van der Waals surface area (Å²) in [6.45, 7) is 0.496. The number of anilines is 1. The van der Waals surface area contributed by atoms with Crippen LogP contribution in [0.2, 0.25) is 0 Å². The maximum Gasteiger partial charge on any atom is 0.230 e. The number of nitrogens with zero attached hydrogens (tertiary/aromatic N) is 1. The summed E-state index contributed by atoms with van der Waals surface area (Å²) in [4.78, 5) is 19.1. The highest BCUT2D eigenvalue weighted by Crippen LogP contribution is 2.40. The predicted molar refractivity (Wildman–Crippen MR) is 102 cm³/mol. The molecule has 0 saturated heterocycles. The highest BCUT2D eigenvalue weighted by molar-refractivity contribution is 7.98. The number of fused-ring (bicyclic) bond motifs is 3. The lowest BCUT2D eigenvalue weighted by Gasteiger charge is -2.15. The average molecular weight is 368 g/mol. The summed E-state index contributed by atoms with van der Waals surface area (Å²) >= 11 is 3.16. The Hall–Kier alpha value is -2.31. The fourth-order valence-corrected chi connectivity index (χ4v) is 4.05. The Balaban J connectivity index is 1.48. The Bertz CT molecular complexity index is 919. The SMILES string of the molecule is CSc1ccc(CC(=O)Nc2nc3c(s2)COc2ccccc2-3)cc1. The van der Waals surface area contributed by atoms with Crippen molar-refractivity contribution in [3.8, 4) is 17.0 Å². The van der Waals surface area contributed by atoms with Gasteiger partial charge in [0.2, 0.25) is 5.91 Å². The number of aromatic nitrogens is 1. The van der Waals surface area contributed by atoms with Crippen LogP contribution in [0.15, 0.2) is 53.4 Å². The standard InChI is InChI=1S/C19H16N2O2S2/c1-24-13-8-6-12(7-9-13)10-17(22)20-19-21-18-14-4-2-3-5-15(14)23-11-16(18)25-19/h2-9H,10-11H2,1H3,(H,20,21,22). The van der Waals surface area contributed by atoms with E-state index in [0.29, 0.717) is 18.2 Å². The topological polar surface area (TPSA) is 51.2 Å². The Kier molecular flexibility index (Phi) is 4.46. The molecule has 2 aromatic carbocycles. The molecular weight excluding hydrogens is 352 g/mol. The molecule has 0 bridgehead atoms. The van der Waals surface area contributed by atoms with Crippen molar-refractivity contribution in [2.24, 2.45) is 0 Å². The van der Waals surface area contributed by atoms with E-state index in [9.17, 15) is 4.79 Å². The van der Waals surface area contributed by atoms with Gasteiger partial charge in [0.1, 0.15) is 12.4 Å². The first-order chi connectivity index (χ1) is 12.2. The van der Waals surface area contributed by atoms with Crippen molar-refractivity contribution in [3.63, 3.8) is 0 Å². The molecule has 1 aliphatic heterocycles. The average Bonchev–Trinajstić information content (AvgIpc) is 3.05. The van der Waals surface area contributed by atoms with Gasteiger partial charge in [-0.1, -0.05) is 35.6 Å². The smallest absolute Gasteiger partial charge is 0.230 e. The lowest BCUT2D eigenvalue weighted by atomic mass is 10.1. The molecule has 0 radical (unpaired) electrons. The van der Waals surface area contributed by atoms with E-state index in [1.54, 1.807) is 11.8 Å².